The number of nitrogens with zero attached hydrogens (tertiary/aromatic N) is 1. The lowest BCUT2D eigenvalue weighted by Crippen LogP contribution is -2.24. The minimum Gasteiger partial charge on any atom is -0.486 e. The fourth-order valence-corrected chi connectivity index (χ4v) is 1.62. The second-order valence-corrected chi connectivity index (χ2v) is 4.34. The van der Waals surface area contributed by atoms with Gasteiger partial charge in [-0.2, -0.15) is 5.10 Å². The number of urea groups is 1. The Kier molecular flexibility index (Phi) is 5.02. The SMILES string of the molecule is NC(=O)NN=Cc1ccc(COc2ccc(F)cc2F)cc1. The minimum atomic E-state index is -0.749. The van der Waals surface area contributed by atoms with E-state index < -0.39 is 17.7 Å². The van der Waals surface area contributed by atoms with Crippen molar-refractivity contribution in [3.05, 3.63) is 65.2 Å². The van der Waals surface area contributed by atoms with Crippen LogP contribution in [0.15, 0.2) is 47.6 Å². The number of carbonyl (C=O) groups excluding carboxylic acids is 1. The summed E-state index contributed by atoms with van der Waals surface area (Å²) in [6.45, 7) is 0.138. The van der Waals surface area contributed by atoms with Crippen molar-refractivity contribution in [2.24, 2.45) is 10.8 Å². The lowest BCUT2D eigenvalue weighted by molar-refractivity contribution is 0.249. The molecule has 0 aliphatic carbocycles. The van der Waals surface area contributed by atoms with Crippen LogP contribution in [-0.4, -0.2) is 12.2 Å². The molecule has 114 valence electrons. The van der Waals surface area contributed by atoms with Crippen molar-refractivity contribution in [1.29, 1.82) is 0 Å². The maximum absolute atomic E-state index is 13.4. The van der Waals surface area contributed by atoms with Crippen molar-refractivity contribution < 1.29 is 18.3 Å². The van der Waals surface area contributed by atoms with Crippen LogP contribution in [0.1, 0.15) is 11.1 Å². The maximum Gasteiger partial charge on any atom is 0.332 e. The second kappa shape index (κ2) is 7.16. The van der Waals surface area contributed by atoms with Gasteiger partial charge in [0.05, 0.1) is 6.21 Å². The van der Waals surface area contributed by atoms with Crippen LogP contribution in [0.2, 0.25) is 0 Å². The van der Waals surface area contributed by atoms with Crippen LogP contribution in [-0.2, 0) is 6.61 Å². The van der Waals surface area contributed by atoms with Gasteiger partial charge >= 0.3 is 6.03 Å². The summed E-state index contributed by atoms with van der Waals surface area (Å²) in [7, 11) is 0. The number of halogens is 2. The fraction of sp³-hybridized carbons (Fsp3) is 0.0667. The van der Waals surface area contributed by atoms with Gasteiger partial charge in [0.1, 0.15) is 12.4 Å². The van der Waals surface area contributed by atoms with Crippen LogP contribution in [0, 0.1) is 11.6 Å². The molecule has 0 unspecified atom stereocenters. The molecule has 2 aromatic carbocycles. The van der Waals surface area contributed by atoms with Crippen LogP contribution in [0.25, 0.3) is 0 Å². The van der Waals surface area contributed by atoms with Gasteiger partial charge in [0.15, 0.2) is 11.6 Å². The Balaban J connectivity index is 1.93. The van der Waals surface area contributed by atoms with Gasteiger partial charge in [-0.15, -0.1) is 0 Å². The Hall–Kier alpha value is -2.96. The monoisotopic (exact) mass is 305 g/mol. The third-order valence-corrected chi connectivity index (χ3v) is 2.66. The summed E-state index contributed by atoms with van der Waals surface area (Å²) < 4.78 is 31.4. The summed E-state index contributed by atoms with van der Waals surface area (Å²) in [6.07, 6.45) is 1.43. The zero-order valence-corrected chi connectivity index (χ0v) is 11.4. The average Bonchev–Trinajstić information content (AvgIpc) is 2.47. The van der Waals surface area contributed by atoms with Crippen LogP contribution >= 0.6 is 0 Å². The molecule has 0 spiro atoms. The summed E-state index contributed by atoms with van der Waals surface area (Å²) in [4.78, 5) is 10.4. The fourth-order valence-electron chi connectivity index (χ4n) is 1.62. The molecule has 0 aliphatic rings. The van der Waals surface area contributed by atoms with Crippen LogP contribution in [0.5, 0.6) is 5.75 Å². The molecule has 0 atom stereocenters. The first kappa shape index (κ1) is 15.4. The third-order valence-electron chi connectivity index (χ3n) is 2.66. The number of rotatable bonds is 5. The highest BCUT2D eigenvalue weighted by atomic mass is 19.1. The highest BCUT2D eigenvalue weighted by molar-refractivity contribution is 5.81. The van der Waals surface area contributed by atoms with Crippen LogP contribution in [0.4, 0.5) is 13.6 Å². The Morgan fingerprint density at radius 2 is 1.95 bits per heavy atom. The molecule has 0 saturated carbocycles. The number of hydrogen-bond acceptors (Lipinski definition) is 3. The molecule has 0 radical (unpaired) electrons. The molecular weight excluding hydrogens is 292 g/mol. The molecule has 2 aromatic rings. The first-order chi connectivity index (χ1) is 10.5. The van der Waals surface area contributed by atoms with Crippen molar-refractivity contribution in [2.75, 3.05) is 0 Å². The standard InChI is InChI=1S/C15H13F2N3O2/c16-12-5-6-14(13(17)7-12)22-9-11-3-1-10(2-4-11)8-19-20-15(18)21/h1-8H,9H2,(H3,18,20,21). The van der Waals surface area contributed by atoms with Crippen molar-refractivity contribution >= 4 is 12.2 Å². The molecule has 0 saturated heterocycles. The van der Waals surface area contributed by atoms with E-state index in [1.165, 1.54) is 12.3 Å². The molecular formula is C15H13F2N3O2. The van der Waals surface area contributed by atoms with Crippen LogP contribution in [0.3, 0.4) is 0 Å². The van der Waals surface area contributed by atoms with Crippen LogP contribution < -0.4 is 15.9 Å². The average molecular weight is 305 g/mol. The number of primary amides is 1. The van der Waals surface area contributed by atoms with E-state index in [1.54, 1.807) is 24.3 Å². The summed E-state index contributed by atoms with van der Waals surface area (Å²) in [6, 6.07) is 9.38. The number of carbonyl (C=O) groups is 1. The first-order valence-electron chi connectivity index (χ1n) is 6.30. The van der Waals surface area contributed by atoms with Crippen molar-refractivity contribution in [2.45, 2.75) is 6.61 Å². The van der Waals surface area contributed by atoms with E-state index in [2.05, 4.69) is 10.5 Å². The van der Waals surface area contributed by atoms with E-state index in [4.69, 9.17) is 10.5 Å². The second-order valence-electron chi connectivity index (χ2n) is 4.34. The van der Waals surface area contributed by atoms with E-state index in [0.29, 0.717) is 0 Å². The zero-order chi connectivity index (χ0) is 15.9. The Morgan fingerprint density at radius 3 is 2.59 bits per heavy atom. The van der Waals surface area contributed by atoms with Crippen molar-refractivity contribution in [3.63, 3.8) is 0 Å². The van der Waals surface area contributed by atoms with Gasteiger partial charge in [-0.05, 0) is 23.3 Å². The molecule has 0 fully saturated rings. The van der Waals surface area contributed by atoms with E-state index in [-0.39, 0.29) is 12.4 Å². The number of hydrazone groups is 1. The molecule has 5 nitrogen and oxygen atoms in total. The van der Waals surface area contributed by atoms with Gasteiger partial charge in [-0.1, -0.05) is 24.3 Å². The summed E-state index contributed by atoms with van der Waals surface area (Å²) in [5.74, 6) is -1.42. The van der Waals surface area contributed by atoms with Gasteiger partial charge in [0, 0.05) is 6.07 Å². The Morgan fingerprint density at radius 1 is 1.23 bits per heavy atom. The normalized spacial score (nSPS) is 10.6. The van der Waals surface area contributed by atoms with Gasteiger partial charge in [-0.25, -0.2) is 19.0 Å². The highest BCUT2D eigenvalue weighted by Gasteiger charge is 2.05. The molecule has 2 amide bonds. The van der Waals surface area contributed by atoms with Crippen molar-refractivity contribution in [1.82, 2.24) is 5.43 Å². The van der Waals surface area contributed by atoms with E-state index in [1.807, 2.05) is 0 Å². The van der Waals surface area contributed by atoms with E-state index in [0.717, 1.165) is 23.3 Å². The molecule has 2 rings (SSSR count). The van der Waals surface area contributed by atoms with Gasteiger partial charge < -0.3 is 10.5 Å². The van der Waals surface area contributed by atoms with Gasteiger partial charge in [0.25, 0.3) is 0 Å². The summed E-state index contributed by atoms with van der Waals surface area (Å²) in [5.41, 5.74) is 8.48. The molecule has 0 bridgehead atoms. The molecule has 22 heavy (non-hydrogen) atoms. The number of benzene rings is 2. The lowest BCUT2D eigenvalue weighted by Gasteiger charge is -2.07. The van der Waals surface area contributed by atoms with Gasteiger partial charge in [0.2, 0.25) is 0 Å². The number of hydrogen-bond donors (Lipinski definition) is 2. The highest BCUT2D eigenvalue weighted by Crippen LogP contribution is 2.19. The lowest BCUT2D eigenvalue weighted by atomic mass is 10.1. The zero-order valence-electron chi connectivity index (χ0n) is 11.4. The number of ether oxygens (including phenoxy) is 1. The largest absolute Gasteiger partial charge is 0.486 e. The molecule has 0 aliphatic heterocycles. The third kappa shape index (κ3) is 4.55. The minimum absolute atomic E-state index is 0.0160. The molecule has 7 heteroatoms. The van der Waals surface area contributed by atoms with E-state index in [9.17, 15) is 13.6 Å². The number of nitrogens with two attached hydrogens (primary N) is 1. The number of amides is 2. The molecule has 0 heterocycles. The van der Waals surface area contributed by atoms with E-state index >= 15 is 0 Å². The van der Waals surface area contributed by atoms with Gasteiger partial charge in [-0.3, -0.25) is 0 Å². The Labute approximate surface area is 125 Å². The number of nitrogens with one attached hydrogen (secondary N) is 1. The van der Waals surface area contributed by atoms with Crippen molar-refractivity contribution in [3.8, 4) is 5.75 Å². The maximum atomic E-state index is 13.4. The quantitative estimate of drug-likeness (QED) is 0.658. The Bertz CT molecular complexity index is 688. The smallest absolute Gasteiger partial charge is 0.332 e. The first-order valence-corrected chi connectivity index (χ1v) is 6.30. The summed E-state index contributed by atoms with van der Waals surface area (Å²) in [5, 5.41) is 3.62. The predicted molar refractivity (Wildman–Crippen MR) is 77.4 cm³/mol. The summed E-state index contributed by atoms with van der Waals surface area (Å²) >= 11 is 0. The molecule has 3 N–H and O–H groups in total. The molecule has 0 aromatic heterocycles. The predicted octanol–water partition coefficient (Wildman–Crippen LogP) is 2.55. The topological polar surface area (TPSA) is 76.7 Å².